The molecular weight excluding hydrogens is 256 g/mol. The van der Waals surface area contributed by atoms with Crippen LogP contribution in [0.4, 0.5) is 0 Å². The van der Waals surface area contributed by atoms with E-state index in [-0.39, 0.29) is 17.5 Å². The van der Waals surface area contributed by atoms with Crippen molar-refractivity contribution in [2.75, 3.05) is 0 Å². The van der Waals surface area contributed by atoms with Crippen LogP contribution in [0.2, 0.25) is 0 Å². The van der Waals surface area contributed by atoms with Crippen LogP contribution in [0.25, 0.3) is 0 Å². The maximum atomic E-state index is 12.2. The molecule has 104 valence electrons. The molecule has 3 heteroatoms. The van der Waals surface area contributed by atoms with Crippen LogP contribution in [0.1, 0.15) is 62.2 Å². The lowest BCUT2D eigenvalue weighted by Crippen LogP contribution is -2.23. The summed E-state index contributed by atoms with van der Waals surface area (Å²) in [6.07, 6.45) is 6.98. The maximum absolute atomic E-state index is 12.2. The Labute approximate surface area is 119 Å². The second-order valence-corrected chi connectivity index (χ2v) is 6.37. The Morgan fingerprint density at radius 1 is 1.26 bits per heavy atom. The number of thiophene rings is 1. The number of carbonyl (C=O) groups is 2. The Hall–Kier alpha value is -0.960. The third-order valence-electron chi connectivity index (χ3n) is 4.31. The fourth-order valence-electron chi connectivity index (χ4n) is 2.93. The molecule has 1 fully saturated rings. The number of rotatable bonds is 6. The van der Waals surface area contributed by atoms with Crippen LogP contribution in [0.3, 0.4) is 0 Å². The average Bonchev–Trinajstić information content (AvgIpc) is 2.98. The van der Waals surface area contributed by atoms with Gasteiger partial charge in [-0.3, -0.25) is 9.59 Å². The van der Waals surface area contributed by atoms with Crippen LogP contribution in [0, 0.1) is 11.8 Å². The first-order valence-electron chi connectivity index (χ1n) is 7.26. The van der Waals surface area contributed by atoms with Gasteiger partial charge in [0.15, 0.2) is 5.78 Å². The lowest BCUT2D eigenvalue weighted by Gasteiger charge is -2.26. The predicted octanol–water partition coefficient (Wildman–Crippen LogP) is 4.50. The molecule has 2 rings (SSSR count). The minimum atomic E-state index is 0.102. The molecule has 1 heterocycles. The fraction of sp³-hybridized carbons (Fsp3) is 0.625. The molecule has 1 aliphatic rings. The van der Waals surface area contributed by atoms with Crippen molar-refractivity contribution >= 4 is 22.9 Å². The van der Waals surface area contributed by atoms with E-state index in [4.69, 9.17) is 0 Å². The maximum Gasteiger partial charge on any atom is 0.164 e. The van der Waals surface area contributed by atoms with E-state index in [0.29, 0.717) is 18.8 Å². The smallest absolute Gasteiger partial charge is 0.164 e. The van der Waals surface area contributed by atoms with Gasteiger partial charge in [-0.25, -0.2) is 0 Å². The lowest BCUT2D eigenvalue weighted by atomic mass is 9.78. The Kier molecular flexibility index (Phi) is 5.32. The minimum absolute atomic E-state index is 0.102. The molecule has 0 saturated heterocycles. The summed E-state index contributed by atoms with van der Waals surface area (Å²) in [5, 5.41) is 3.76. The van der Waals surface area contributed by atoms with Gasteiger partial charge in [0.1, 0.15) is 5.78 Å². The van der Waals surface area contributed by atoms with E-state index < -0.39 is 0 Å². The Morgan fingerprint density at radius 2 is 2.00 bits per heavy atom. The molecule has 19 heavy (non-hydrogen) atoms. The van der Waals surface area contributed by atoms with Crippen molar-refractivity contribution in [2.24, 2.45) is 11.8 Å². The highest BCUT2D eigenvalue weighted by Gasteiger charge is 2.25. The van der Waals surface area contributed by atoms with Crippen molar-refractivity contribution in [2.45, 2.75) is 51.9 Å². The zero-order valence-corrected chi connectivity index (χ0v) is 12.4. The normalized spacial score (nSPS) is 18.2. The molecule has 0 aromatic carbocycles. The van der Waals surface area contributed by atoms with Crippen molar-refractivity contribution in [1.82, 2.24) is 0 Å². The number of Topliss-reactive ketones (excluding diaryl/α,β-unsaturated/α-hetero) is 2. The zero-order valence-electron chi connectivity index (χ0n) is 11.6. The average molecular weight is 278 g/mol. The van der Waals surface area contributed by atoms with Crippen LogP contribution in [-0.4, -0.2) is 11.6 Å². The topological polar surface area (TPSA) is 34.1 Å². The second kappa shape index (κ2) is 6.99. The summed E-state index contributed by atoms with van der Waals surface area (Å²) >= 11 is 1.53. The van der Waals surface area contributed by atoms with Crippen molar-refractivity contribution in [3.63, 3.8) is 0 Å². The molecule has 0 amide bonds. The standard InChI is InChI=1S/C16H22O2S/c1-12(13-5-3-2-4-6-13)15(17)7-8-16(18)14-9-10-19-11-14/h9-13H,2-8H2,1H3. The summed E-state index contributed by atoms with van der Waals surface area (Å²) < 4.78 is 0. The molecule has 0 spiro atoms. The van der Waals surface area contributed by atoms with E-state index in [1.807, 2.05) is 23.8 Å². The van der Waals surface area contributed by atoms with Crippen LogP contribution in [0.15, 0.2) is 16.8 Å². The monoisotopic (exact) mass is 278 g/mol. The van der Waals surface area contributed by atoms with E-state index in [9.17, 15) is 9.59 Å². The van der Waals surface area contributed by atoms with Gasteiger partial charge in [0, 0.05) is 29.7 Å². The van der Waals surface area contributed by atoms with Gasteiger partial charge in [0.25, 0.3) is 0 Å². The molecule has 0 radical (unpaired) electrons. The fourth-order valence-corrected chi connectivity index (χ4v) is 3.59. The summed E-state index contributed by atoms with van der Waals surface area (Å²) in [6.45, 7) is 2.05. The quantitative estimate of drug-likeness (QED) is 0.718. The first-order chi connectivity index (χ1) is 9.18. The van der Waals surface area contributed by atoms with Gasteiger partial charge in [-0.1, -0.05) is 26.2 Å². The minimum Gasteiger partial charge on any atom is -0.299 e. The van der Waals surface area contributed by atoms with Crippen LogP contribution in [-0.2, 0) is 4.79 Å². The second-order valence-electron chi connectivity index (χ2n) is 5.59. The number of hydrogen-bond donors (Lipinski definition) is 0. The van der Waals surface area contributed by atoms with E-state index in [2.05, 4.69) is 0 Å². The third kappa shape index (κ3) is 4.00. The van der Waals surface area contributed by atoms with E-state index >= 15 is 0 Å². The Balaban J connectivity index is 1.78. The number of hydrogen-bond acceptors (Lipinski definition) is 3. The predicted molar refractivity (Wildman–Crippen MR) is 78.6 cm³/mol. The largest absolute Gasteiger partial charge is 0.299 e. The molecule has 2 nitrogen and oxygen atoms in total. The Bertz CT molecular complexity index is 416. The summed E-state index contributed by atoms with van der Waals surface area (Å²) in [5.41, 5.74) is 0.753. The van der Waals surface area contributed by atoms with E-state index in [0.717, 1.165) is 5.56 Å². The molecule has 1 aromatic heterocycles. The van der Waals surface area contributed by atoms with Gasteiger partial charge >= 0.3 is 0 Å². The van der Waals surface area contributed by atoms with Crippen LogP contribution < -0.4 is 0 Å². The van der Waals surface area contributed by atoms with Crippen molar-refractivity contribution in [3.05, 3.63) is 22.4 Å². The molecule has 1 unspecified atom stereocenters. The number of ketones is 2. The van der Waals surface area contributed by atoms with Gasteiger partial charge in [-0.2, -0.15) is 11.3 Å². The third-order valence-corrected chi connectivity index (χ3v) is 4.99. The SMILES string of the molecule is CC(C(=O)CCC(=O)c1ccsc1)C1CCCCC1. The number of carbonyl (C=O) groups excluding carboxylic acids is 2. The summed E-state index contributed by atoms with van der Waals surface area (Å²) in [4.78, 5) is 24.0. The van der Waals surface area contributed by atoms with Gasteiger partial charge < -0.3 is 0 Å². The molecule has 1 atom stereocenters. The molecule has 0 aliphatic heterocycles. The highest BCUT2D eigenvalue weighted by atomic mass is 32.1. The van der Waals surface area contributed by atoms with Gasteiger partial charge in [0.2, 0.25) is 0 Å². The van der Waals surface area contributed by atoms with Gasteiger partial charge in [-0.05, 0) is 30.2 Å². The highest BCUT2D eigenvalue weighted by molar-refractivity contribution is 7.08. The summed E-state index contributed by atoms with van der Waals surface area (Å²) in [5.74, 6) is 1.06. The molecular formula is C16H22O2S. The summed E-state index contributed by atoms with van der Waals surface area (Å²) in [7, 11) is 0. The molecule has 1 saturated carbocycles. The first kappa shape index (κ1) is 14.4. The van der Waals surface area contributed by atoms with Crippen molar-refractivity contribution < 1.29 is 9.59 Å². The summed E-state index contributed by atoms with van der Waals surface area (Å²) in [6, 6.07) is 1.84. The molecule has 0 N–H and O–H groups in total. The van der Waals surface area contributed by atoms with E-state index in [1.54, 1.807) is 0 Å². The van der Waals surface area contributed by atoms with Crippen molar-refractivity contribution in [1.29, 1.82) is 0 Å². The first-order valence-corrected chi connectivity index (χ1v) is 8.21. The highest BCUT2D eigenvalue weighted by Crippen LogP contribution is 2.31. The molecule has 1 aliphatic carbocycles. The molecule has 0 bridgehead atoms. The van der Waals surface area contributed by atoms with Crippen molar-refractivity contribution in [3.8, 4) is 0 Å². The van der Waals surface area contributed by atoms with Gasteiger partial charge in [-0.15, -0.1) is 0 Å². The van der Waals surface area contributed by atoms with Gasteiger partial charge in [0.05, 0.1) is 0 Å². The van der Waals surface area contributed by atoms with Crippen LogP contribution in [0.5, 0.6) is 0 Å². The van der Waals surface area contributed by atoms with E-state index in [1.165, 1.54) is 43.4 Å². The Morgan fingerprint density at radius 3 is 2.63 bits per heavy atom. The van der Waals surface area contributed by atoms with Crippen LogP contribution >= 0.6 is 11.3 Å². The lowest BCUT2D eigenvalue weighted by molar-refractivity contribution is -0.124. The zero-order chi connectivity index (χ0) is 13.7. The molecule has 1 aromatic rings.